The molecule has 0 atom stereocenters. The zero-order chi connectivity index (χ0) is 17.4. The molecule has 0 aromatic carbocycles. The second-order valence-electron chi connectivity index (χ2n) is 5.30. The average Bonchev–Trinajstić information content (AvgIpc) is 3.01. The molecule has 2 aromatic heterocycles. The Morgan fingerprint density at radius 1 is 1.33 bits per heavy atom. The molecule has 1 aliphatic rings. The van der Waals surface area contributed by atoms with Gasteiger partial charge in [-0.05, 0) is 20.2 Å². The van der Waals surface area contributed by atoms with Gasteiger partial charge in [0.05, 0.1) is 19.0 Å². The van der Waals surface area contributed by atoms with Gasteiger partial charge in [0, 0.05) is 44.5 Å². The molecule has 0 amide bonds. The summed E-state index contributed by atoms with van der Waals surface area (Å²) < 4.78 is 9.68. The normalized spacial score (nSPS) is 15.8. The second kappa shape index (κ2) is 9.58. The number of ether oxygens (including phenoxy) is 1. The molecule has 2 aromatic rings. The van der Waals surface area contributed by atoms with Crippen LogP contribution in [0.1, 0.15) is 0 Å². The Labute approximate surface area is 146 Å². The summed E-state index contributed by atoms with van der Waals surface area (Å²) in [5.41, 5.74) is 0.899. The first-order valence-electron chi connectivity index (χ1n) is 7.75. The molecule has 0 unspecified atom stereocenters. The van der Waals surface area contributed by atoms with Crippen LogP contribution in [0.4, 0.5) is 0 Å². The van der Waals surface area contributed by atoms with Crippen LogP contribution in [0.25, 0.3) is 11.0 Å². The van der Waals surface area contributed by atoms with E-state index in [0.717, 1.165) is 43.5 Å². The van der Waals surface area contributed by atoms with Crippen molar-refractivity contribution in [2.45, 2.75) is 0 Å². The van der Waals surface area contributed by atoms with E-state index in [0.29, 0.717) is 12.4 Å². The number of aldehydes is 1. The van der Waals surface area contributed by atoms with Crippen LogP contribution in [0.15, 0.2) is 18.6 Å². The average molecular weight is 352 g/mol. The number of piperazine rings is 1. The minimum absolute atomic E-state index is 0.458. The van der Waals surface area contributed by atoms with Crippen LogP contribution in [-0.4, -0.2) is 83.4 Å². The van der Waals surface area contributed by atoms with E-state index in [9.17, 15) is 4.79 Å². The molecular formula is C15H24N6O2S. The van der Waals surface area contributed by atoms with E-state index in [2.05, 4.69) is 35.5 Å². The van der Waals surface area contributed by atoms with Crippen molar-refractivity contribution in [2.75, 3.05) is 53.9 Å². The number of aromatic nitrogens is 3. The molecule has 0 aliphatic carbocycles. The van der Waals surface area contributed by atoms with Crippen molar-refractivity contribution in [2.24, 2.45) is 0 Å². The van der Waals surface area contributed by atoms with Gasteiger partial charge in [-0.1, -0.05) is 0 Å². The Bertz CT molecular complexity index is 642. The third-order valence-electron chi connectivity index (χ3n) is 3.56. The van der Waals surface area contributed by atoms with Gasteiger partial charge < -0.3 is 19.7 Å². The fourth-order valence-corrected chi connectivity index (χ4v) is 3.12. The summed E-state index contributed by atoms with van der Waals surface area (Å²) in [6, 6.07) is 2.00. The lowest BCUT2D eigenvalue weighted by Gasteiger charge is -2.31. The lowest BCUT2D eigenvalue weighted by Crippen LogP contribution is -2.41. The fraction of sp³-hybridized carbons (Fsp3) is 0.533. The van der Waals surface area contributed by atoms with Crippen LogP contribution in [0, 0.1) is 0 Å². The Hall–Kier alpha value is -1.68. The number of nitrogens with one attached hydrogen (secondary N) is 1. The van der Waals surface area contributed by atoms with Crippen LogP contribution in [0.5, 0.6) is 5.88 Å². The minimum atomic E-state index is 0.458. The van der Waals surface area contributed by atoms with E-state index in [1.165, 1.54) is 0 Å². The van der Waals surface area contributed by atoms with Gasteiger partial charge in [0.1, 0.15) is 12.6 Å². The number of carbonyl (C=O) groups excluding carboxylic acids is 1. The number of methoxy groups -OCH3 is 1. The van der Waals surface area contributed by atoms with Gasteiger partial charge in [0.2, 0.25) is 5.88 Å². The first kappa shape index (κ1) is 18.7. The molecule has 9 heteroatoms. The van der Waals surface area contributed by atoms with E-state index in [1.54, 1.807) is 32.6 Å². The topological polar surface area (TPSA) is 75.5 Å². The number of likely N-dealkylation sites (N-methyl/N-ethyl adjacent to an activating group) is 2. The van der Waals surface area contributed by atoms with E-state index in [1.807, 2.05) is 12.3 Å². The monoisotopic (exact) mass is 352 g/mol. The van der Waals surface area contributed by atoms with Crippen molar-refractivity contribution in [1.29, 1.82) is 0 Å². The molecule has 1 N–H and O–H groups in total. The summed E-state index contributed by atoms with van der Waals surface area (Å²) in [5.74, 6) is 0.628. The fourth-order valence-electron chi connectivity index (χ4n) is 2.21. The molecule has 1 fully saturated rings. The molecule has 0 spiro atoms. The maximum Gasteiger partial charge on any atom is 0.225 e. The third-order valence-corrected chi connectivity index (χ3v) is 4.62. The van der Waals surface area contributed by atoms with Gasteiger partial charge in [-0.15, -0.1) is 0 Å². The van der Waals surface area contributed by atoms with Gasteiger partial charge in [0.15, 0.2) is 5.65 Å². The number of fused-ring (bicyclic) bond motifs is 1. The second-order valence-corrected chi connectivity index (χ2v) is 6.37. The first-order chi connectivity index (χ1) is 11.7. The summed E-state index contributed by atoms with van der Waals surface area (Å²) in [6.07, 6.45) is 4.38. The number of rotatable bonds is 5. The van der Waals surface area contributed by atoms with E-state index in [-0.39, 0.29) is 0 Å². The van der Waals surface area contributed by atoms with Crippen LogP contribution < -0.4 is 10.1 Å². The molecular weight excluding hydrogens is 328 g/mol. The number of hydrogen-bond donors (Lipinski definition) is 1. The molecule has 8 nitrogen and oxygen atoms in total. The molecule has 0 saturated carbocycles. The minimum Gasteiger partial charge on any atom is -0.480 e. The van der Waals surface area contributed by atoms with Crippen molar-refractivity contribution >= 4 is 29.5 Å². The van der Waals surface area contributed by atoms with E-state index >= 15 is 0 Å². The highest BCUT2D eigenvalue weighted by atomic mass is 32.2. The van der Waals surface area contributed by atoms with Crippen LogP contribution in [0.3, 0.4) is 0 Å². The largest absolute Gasteiger partial charge is 0.480 e. The summed E-state index contributed by atoms with van der Waals surface area (Å²) in [7, 11) is 5.52. The van der Waals surface area contributed by atoms with Gasteiger partial charge >= 0.3 is 0 Å². The Morgan fingerprint density at radius 3 is 2.67 bits per heavy atom. The Kier molecular flexibility index (Phi) is 7.44. The Morgan fingerprint density at radius 2 is 2.08 bits per heavy atom. The molecule has 24 heavy (non-hydrogen) atoms. The lowest BCUT2D eigenvalue weighted by atomic mass is 10.4. The highest BCUT2D eigenvalue weighted by molar-refractivity contribution is 7.95. The van der Waals surface area contributed by atoms with Gasteiger partial charge in [-0.2, -0.15) is 0 Å². The first-order valence-corrected chi connectivity index (χ1v) is 8.48. The SMILES string of the molecule is CNCC=O.COc1ncnc2c1ccn2SN1CCN(C)CC1. The third kappa shape index (κ3) is 4.91. The number of nitrogens with zero attached hydrogens (tertiary/aromatic N) is 5. The standard InChI is InChI=1S/C12H17N5OS.C3H7NO/c1-15-5-7-16(8-6-15)19-17-4-3-10-11(17)13-9-14-12(10)18-2;1-4-2-3-5/h3-4,9H,5-8H2,1-2H3;3-4H,2H2,1H3. The molecule has 0 radical (unpaired) electrons. The predicted molar refractivity (Wildman–Crippen MR) is 96.1 cm³/mol. The van der Waals surface area contributed by atoms with Crippen molar-refractivity contribution in [3.63, 3.8) is 0 Å². The zero-order valence-corrected chi connectivity index (χ0v) is 15.1. The molecule has 132 valence electrons. The predicted octanol–water partition coefficient (Wildman–Crippen LogP) is 0.503. The maximum atomic E-state index is 9.34. The summed E-state index contributed by atoms with van der Waals surface area (Å²) in [6.45, 7) is 4.78. The molecule has 3 rings (SSSR count). The molecule has 1 saturated heterocycles. The number of carbonyl (C=O) groups is 1. The lowest BCUT2D eigenvalue weighted by molar-refractivity contribution is -0.107. The van der Waals surface area contributed by atoms with Gasteiger partial charge in [-0.25, -0.2) is 14.3 Å². The van der Waals surface area contributed by atoms with Crippen molar-refractivity contribution in [3.05, 3.63) is 18.6 Å². The van der Waals surface area contributed by atoms with Crippen molar-refractivity contribution in [3.8, 4) is 5.88 Å². The maximum absolute atomic E-state index is 9.34. The van der Waals surface area contributed by atoms with E-state index < -0.39 is 0 Å². The molecule has 0 bridgehead atoms. The highest BCUT2D eigenvalue weighted by Gasteiger charge is 2.17. The van der Waals surface area contributed by atoms with Crippen molar-refractivity contribution in [1.82, 2.24) is 28.5 Å². The quantitative estimate of drug-likeness (QED) is 0.616. The highest BCUT2D eigenvalue weighted by Crippen LogP contribution is 2.26. The molecule has 3 heterocycles. The Balaban J connectivity index is 0.000000368. The smallest absolute Gasteiger partial charge is 0.225 e. The summed E-state index contributed by atoms with van der Waals surface area (Å²) >= 11 is 1.70. The summed E-state index contributed by atoms with van der Waals surface area (Å²) in [4.78, 5) is 20.1. The summed E-state index contributed by atoms with van der Waals surface area (Å²) in [5, 5.41) is 3.60. The van der Waals surface area contributed by atoms with Crippen molar-refractivity contribution < 1.29 is 9.53 Å². The zero-order valence-electron chi connectivity index (χ0n) is 14.3. The number of hydrogen-bond acceptors (Lipinski definition) is 8. The molecule has 1 aliphatic heterocycles. The van der Waals surface area contributed by atoms with Crippen LogP contribution in [0.2, 0.25) is 0 Å². The van der Waals surface area contributed by atoms with Gasteiger partial charge in [0.25, 0.3) is 0 Å². The van der Waals surface area contributed by atoms with E-state index in [4.69, 9.17) is 4.74 Å². The van der Waals surface area contributed by atoms with Crippen LogP contribution >= 0.6 is 12.1 Å². The van der Waals surface area contributed by atoms with Crippen LogP contribution in [-0.2, 0) is 4.79 Å². The van der Waals surface area contributed by atoms with Gasteiger partial charge in [-0.3, -0.25) is 3.97 Å².